The second-order valence-electron chi connectivity index (χ2n) is 11.5. The average Bonchev–Trinajstić information content (AvgIpc) is 2.94. The molecule has 240 valence electrons. The first kappa shape index (κ1) is 35.6. The number of carbonyl (C=O) groups is 4. The van der Waals surface area contributed by atoms with Gasteiger partial charge in [0.2, 0.25) is 17.5 Å². The molecule has 0 fully saturated rings. The lowest BCUT2D eigenvalue weighted by Crippen LogP contribution is -2.64. The molecule has 0 aliphatic carbocycles. The molecule has 2 aromatic carbocycles. The van der Waals surface area contributed by atoms with Crippen molar-refractivity contribution in [2.45, 2.75) is 72.2 Å². The van der Waals surface area contributed by atoms with Crippen molar-refractivity contribution in [1.82, 2.24) is 26.4 Å². The second-order valence-corrected chi connectivity index (χ2v) is 11.5. The van der Waals surface area contributed by atoms with E-state index in [0.29, 0.717) is 18.4 Å². The van der Waals surface area contributed by atoms with Gasteiger partial charge in [-0.25, -0.2) is 0 Å². The van der Waals surface area contributed by atoms with Crippen molar-refractivity contribution in [2.75, 3.05) is 6.54 Å². The predicted octanol–water partition coefficient (Wildman–Crippen LogP) is 2.16. The normalized spacial score (nSPS) is 13.8. The SMILES string of the molecule is C=C(c1ccc(O)c(O)c1)N(C[C@H](CCc1ccccc1)NC(=O)[C@@](O)(NC(C)=O)C(C)C)NC(=O)[C@@H](NC(C)=O)C(C)C. The molecule has 0 saturated carbocycles. The molecular formula is C32H45N5O7. The molecule has 2 rings (SSSR count). The molecule has 0 aromatic heterocycles. The fourth-order valence-electron chi connectivity index (χ4n) is 4.48. The van der Waals surface area contributed by atoms with E-state index in [-0.39, 0.29) is 23.9 Å². The summed E-state index contributed by atoms with van der Waals surface area (Å²) in [5.74, 6) is -4.09. The van der Waals surface area contributed by atoms with Gasteiger partial charge >= 0.3 is 0 Å². The molecular weight excluding hydrogens is 566 g/mol. The summed E-state index contributed by atoms with van der Waals surface area (Å²) in [6.07, 6.45) is 0.866. The lowest BCUT2D eigenvalue weighted by molar-refractivity contribution is -0.155. The third-order valence-electron chi connectivity index (χ3n) is 7.10. The van der Waals surface area contributed by atoms with E-state index in [1.54, 1.807) is 27.7 Å². The highest BCUT2D eigenvalue weighted by atomic mass is 16.3. The van der Waals surface area contributed by atoms with Crippen LogP contribution in [0.25, 0.3) is 5.70 Å². The van der Waals surface area contributed by atoms with Crippen LogP contribution in [-0.4, -0.2) is 68.3 Å². The van der Waals surface area contributed by atoms with Gasteiger partial charge < -0.3 is 31.3 Å². The van der Waals surface area contributed by atoms with Crippen molar-refractivity contribution in [1.29, 1.82) is 0 Å². The summed E-state index contributed by atoms with van der Waals surface area (Å²) in [5.41, 5.74) is 2.12. The summed E-state index contributed by atoms with van der Waals surface area (Å²) >= 11 is 0. The maximum atomic E-state index is 13.5. The average molecular weight is 612 g/mol. The van der Waals surface area contributed by atoms with Gasteiger partial charge in [0.15, 0.2) is 11.5 Å². The maximum absolute atomic E-state index is 13.5. The molecule has 4 amide bonds. The Balaban J connectivity index is 2.51. The molecule has 3 atom stereocenters. The summed E-state index contributed by atoms with van der Waals surface area (Å²) in [6, 6.07) is 11.9. The summed E-state index contributed by atoms with van der Waals surface area (Å²) < 4.78 is 0. The first-order chi connectivity index (χ1) is 20.5. The zero-order valence-corrected chi connectivity index (χ0v) is 26.2. The molecule has 7 N–H and O–H groups in total. The van der Waals surface area contributed by atoms with Crippen molar-refractivity contribution >= 4 is 29.3 Å². The van der Waals surface area contributed by atoms with Gasteiger partial charge in [0.25, 0.3) is 11.8 Å². The van der Waals surface area contributed by atoms with E-state index in [2.05, 4.69) is 28.0 Å². The number of phenols is 2. The zero-order valence-electron chi connectivity index (χ0n) is 26.2. The van der Waals surface area contributed by atoms with Crippen LogP contribution < -0.4 is 21.4 Å². The third-order valence-corrected chi connectivity index (χ3v) is 7.10. The minimum absolute atomic E-state index is 0.0656. The van der Waals surface area contributed by atoms with Crippen molar-refractivity contribution in [3.63, 3.8) is 0 Å². The Bertz CT molecular complexity index is 1330. The largest absolute Gasteiger partial charge is 0.504 e. The second kappa shape index (κ2) is 15.8. The number of rotatable bonds is 15. The number of hydrogen-bond donors (Lipinski definition) is 7. The number of phenolic OH excluding ortho intramolecular Hbond substituents is 2. The van der Waals surface area contributed by atoms with Crippen LogP contribution in [0.3, 0.4) is 0 Å². The molecule has 12 nitrogen and oxygen atoms in total. The number of hydrazine groups is 1. The van der Waals surface area contributed by atoms with Gasteiger partial charge in [0, 0.05) is 31.4 Å². The Morgan fingerprint density at radius 3 is 2.07 bits per heavy atom. The van der Waals surface area contributed by atoms with Crippen LogP contribution in [0.4, 0.5) is 0 Å². The summed E-state index contributed by atoms with van der Waals surface area (Å²) in [7, 11) is 0. The highest BCUT2D eigenvalue weighted by molar-refractivity contribution is 5.90. The van der Waals surface area contributed by atoms with Gasteiger partial charge in [-0.2, -0.15) is 0 Å². The number of aromatic hydroxyl groups is 2. The Morgan fingerprint density at radius 2 is 1.55 bits per heavy atom. The molecule has 0 radical (unpaired) electrons. The van der Waals surface area contributed by atoms with E-state index in [4.69, 9.17) is 0 Å². The lowest BCUT2D eigenvalue weighted by atomic mass is 9.97. The number of aryl methyl sites for hydroxylation is 1. The molecule has 0 spiro atoms. The molecule has 0 saturated heterocycles. The molecule has 0 bridgehead atoms. The summed E-state index contributed by atoms with van der Waals surface area (Å²) in [5, 5.41) is 40.3. The Hall–Kier alpha value is -4.58. The predicted molar refractivity (Wildman–Crippen MR) is 166 cm³/mol. The Kier molecular flexibility index (Phi) is 12.8. The monoisotopic (exact) mass is 611 g/mol. The number of amides is 4. The zero-order chi connectivity index (χ0) is 33.2. The van der Waals surface area contributed by atoms with Crippen molar-refractivity contribution in [2.24, 2.45) is 11.8 Å². The van der Waals surface area contributed by atoms with E-state index in [0.717, 1.165) is 5.56 Å². The van der Waals surface area contributed by atoms with Gasteiger partial charge in [-0.1, -0.05) is 64.6 Å². The number of benzene rings is 2. The quantitative estimate of drug-likeness (QED) is 0.0909. The molecule has 0 heterocycles. The van der Waals surface area contributed by atoms with Crippen LogP contribution in [0.2, 0.25) is 0 Å². The van der Waals surface area contributed by atoms with Gasteiger partial charge in [-0.05, 0) is 42.5 Å². The molecule has 2 aromatic rings. The van der Waals surface area contributed by atoms with Crippen LogP contribution in [0.5, 0.6) is 11.5 Å². The van der Waals surface area contributed by atoms with E-state index in [1.165, 1.54) is 37.1 Å². The fraction of sp³-hybridized carbons (Fsp3) is 0.438. The number of nitrogens with zero attached hydrogens (tertiary/aromatic N) is 1. The van der Waals surface area contributed by atoms with E-state index in [1.807, 2.05) is 30.3 Å². The van der Waals surface area contributed by atoms with E-state index < -0.39 is 53.1 Å². The topological polar surface area (TPSA) is 180 Å². The molecule has 0 unspecified atom stereocenters. The van der Waals surface area contributed by atoms with Crippen LogP contribution in [-0.2, 0) is 25.6 Å². The van der Waals surface area contributed by atoms with Crippen molar-refractivity contribution < 1.29 is 34.5 Å². The number of carbonyl (C=O) groups excluding carboxylic acids is 4. The minimum Gasteiger partial charge on any atom is -0.504 e. The molecule has 12 heteroatoms. The van der Waals surface area contributed by atoms with Gasteiger partial charge in [0.1, 0.15) is 6.04 Å². The highest BCUT2D eigenvalue weighted by Gasteiger charge is 2.41. The van der Waals surface area contributed by atoms with Crippen LogP contribution in [0.15, 0.2) is 55.1 Å². The van der Waals surface area contributed by atoms with Crippen molar-refractivity contribution in [3.05, 3.63) is 66.2 Å². The van der Waals surface area contributed by atoms with E-state index >= 15 is 0 Å². The number of aliphatic hydroxyl groups is 1. The number of hydrogen-bond acceptors (Lipinski definition) is 8. The Morgan fingerprint density at radius 1 is 0.909 bits per heavy atom. The fourth-order valence-corrected chi connectivity index (χ4v) is 4.48. The van der Waals surface area contributed by atoms with Crippen LogP contribution >= 0.6 is 0 Å². The highest BCUT2D eigenvalue weighted by Crippen LogP contribution is 2.29. The summed E-state index contributed by atoms with van der Waals surface area (Å²) in [6.45, 7) is 13.3. The third kappa shape index (κ3) is 10.0. The standard InChI is InChI=1S/C32H45N5O7/c1-19(2)29(33-22(6)38)30(42)36-37(21(5)25-14-16-27(40)28(41)17-25)18-26(15-13-24-11-9-8-10-12-24)34-31(43)32(44,20(3)4)35-23(7)39/h8-12,14,16-17,19-20,26,29,40-41,44H,5,13,15,18H2,1-4,6-7H3,(H,33,38)(H,34,43)(H,35,39)(H,36,42)/t26-,29-,32+/m0/s1. The summed E-state index contributed by atoms with van der Waals surface area (Å²) in [4.78, 5) is 50.7. The first-order valence-corrected chi connectivity index (χ1v) is 14.5. The maximum Gasteiger partial charge on any atom is 0.273 e. The lowest BCUT2D eigenvalue weighted by Gasteiger charge is -2.36. The van der Waals surface area contributed by atoms with Crippen LogP contribution in [0.1, 0.15) is 59.1 Å². The first-order valence-electron chi connectivity index (χ1n) is 14.5. The smallest absolute Gasteiger partial charge is 0.273 e. The van der Waals surface area contributed by atoms with Crippen molar-refractivity contribution in [3.8, 4) is 11.5 Å². The van der Waals surface area contributed by atoms with Gasteiger partial charge in [0.05, 0.1) is 12.2 Å². The molecule has 44 heavy (non-hydrogen) atoms. The Labute approximate surface area is 258 Å². The number of nitrogens with one attached hydrogen (secondary N) is 4. The minimum atomic E-state index is -2.21. The molecule has 0 aliphatic rings. The molecule has 0 aliphatic heterocycles. The van der Waals surface area contributed by atoms with Gasteiger partial charge in [-0.15, -0.1) is 0 Å². The van der Waals surface area contributed by atoms with E-state index in [9.17, 15) is 34.5 Å². The van der Waals surface area contributed by atoms with Crippen LogP contribution in [0, 0.1) is 11.8 Å². The van der Waals surface area contributed by atoms with Gasteiger partial charge in [-0.3, -0.25) is 29.6 Å².